The van der Waals surface area contributed by atoms with Gasteiger partial charge < -0.3 is 4.90 Å². The molecule has 2 aromatic rings. The number of piperazine rings is 1. The van der Waals surface area contributed by atoms with Gasteiger partial charge in [-0.15, -0.1) is 5.10 Å². The highest BCUT2D eigenvalue weighted by molar-refractivity contribution is 5.73. The fourth-order valence-electron chi connectivity index (χ4n) is 4.48. The van der Waals surface area contributed by atoms with Gasteiger partial charge in [0.1, 0.15) is 5.52 Å². The van der Waals surface area contributed by atoms with Crippen molar-refractivity contribution < 1.29 is 0 Å². The Bertz CT molecular complexity index is 653. The molecule has 1 aliphatic carbocycles. The van der Waals surface area contributed by atoms with Crippen molar-refractivity contribution in [2.24, 2.45) is 0 Å². The second-order valence-corrected chi connectivity index (χ2v) is 7.68. The molecule has 25 heavy (non-hydrogen) atoms. The Hall–Kier alpha value is -1.46. The number of benzene rings is 1. The van der Waals surface area contributed by atoms with Crippen LogP contribution in [0.2, 0.25) is 0 Å². The molecule has 136 valence electrons. The van der Waals surface area contributed by atoms with Crippen LogP contribution in [0.25, 0.3) is 11.0 Å². The van der Waals surface area contributed by atoms with E-state index in [1.165, 1.54) is 77.7 Å². The minimum atomic E-state index is 0.886. The highest BCUT2D eigenvalue weighted by atomic mass is 15.4. The van der Waals surface area contributed by atoms with Crippen molar-refractivity contribution in [1.82, 2.24) is 24.8 Å². The standard InChI is InChI=1S/C20H31N5/c1-2-8-18(9-3-1)24-16-14-23(15-17-24)12-6-7-13-25-20-11-5-4-10-19(20)21-22-25/h4-5,10-11,18H,1-3,6-9,12-17H2. The van der Waals surface area contributed by atoms with Crippen LogP contribution in [0.5, 0.6) is 0 Å². The van der Waals surface area contributed by atoms with Crippen LogP contribution in [0.3, 0.4) is 0 Å². The zero-order chi connectivity index (χ0) is 16.9. The Labute approximate surface area is 151 Å². The Morgan fingerprint density at radius 2 is 1.64 bits per heavy atom. The molecule has 0 atom stereocenters. The van der Waals surface area contributed by atoms with Gasteiger partial charge in [0.05, 0.1) is 5.52 Å². The molecule has 0 radical (unpaired) electrons. The molecule has 1 saturated carbocycles. The van der Waals surface area contributed by atoms with E-state index in [9.17, 15) is 0 Å². The molecule has 0 bridgehead atoms. The van der Waals surface area contributed by atoms with Gasteiger partial charge in [-0.05, 0) is 44.4 Å². The predicted molar refractivity (Wildman–Crippen MR) is 102 cm³/mol. The van der Waals surface area contributed by atoms with Crippen LogP contribution < -0.4 is 0 Å². The summed E-state index contributed by atoms with van der Waals surface area (Å²) in [4.78, 5) is 5.41. The number of nitrogens with zero attached hydrogens (tertiary/aromatic N) is 5. The van der Waals surface area contributed by atoms with E-state index in [-0.39, 0.29) is 0 Å². The van der Waals surface area contributed by atoms with Crippen LogP contribution in [0.1, 0.15) is 44.9 Å². The molecular weight excluding hydrogens is 310 g/mol. The van der Waals surface area contributed by atoms with E-state index in [1.54, 1.807) is 0 Å². The maximum absolute atomic E-state index is 4.29. The van der Waals surface area contributed by atoms with Gasteiger partial charge in [-0.25, -0.2) is 4.68 Å². The lowest BCUT2D eigenvalue weighted by atomic mass is 9.94. The summed E-state index contributed by atoms with van der Waals surface area (Å²) in [5.41, 5.74) is 2.16. The first-order valence-corrected chi connectivity index (χ1v) is 10.1. The number of hydrogen-bond donors (Lipinski definition) is 0. The van der Waals surface area contributed by atoms with Crippen LogP contribution in [-0.2, 0) is 6.54 Å². The second-order valence-electron chi connectivity index (χ2n) is 7.68. The van der Waals surface area contributed by atoms with E-state index in [0.717, 1.165) is 23.6 Å². The van der Waals surface area contributed by atoms with E-state index in [2.05, 4.69) is 36.9 Å². The summed E-state index contributed by atoms with van der Waals surface area (Å²) in [7, 11) is 0. The molecule has 4 rings (SSSR count). The zero-order valence-corrected chi connectivity index (χ0v) is 15.3. The van der Waals surface area contributed by atoms with Crippen LogP contribution in [0, 0.1) is 0 Å². The summed E-state index contributed by atoms with van der Waals surface area (Å²) in [6.07, 6.45) is 9.65. The summed E-state index contributed by atoms with van der Waals surface area (Å²) in [6.45, 7) is 7.26. The molecule has 2 heterocycles. The molecule has 1 aromatic heterocycles. The van der Waals surface area contributed by atoms with Gasteiger partial charge in [-0.3, -0.25) is 4.90 Å². The molecule has 0 amide bonds. The molecule has 0 unspecified atom stereocenters. The minimum absolute atomic E-state index is 0.886. The van der Waals surface area contributed by atoms with Crippen molar-refractivity contribution >= 4 is 11.0 Å². The predicted octanol–water partition coefficient (Wildman–Crippen LogP) is 3.16. The number of rotatable bonds is 6. The third-order valence-electron chi connectivity index (χ3n) is 6.01. The SMILES string of the molecule is c1ccc2c(c1)nnn2CCCCN1CCN(C2CCCCC2)CC1. The quantitative estimate of drug-likeness (QED) is 0.757. The maximum Gasteiger partial charge on any atom is 0.113 e. The van der Waals surface area contributed by atoms with Gasteiger partial charge in [-0.2, -0.15) is 0 Å². The molecule has 5 heteroatoms. The highest BCUT2D eigenvalue weighted by Gasteiger charge is 2.24. The van der Waals surface area contributed by atoms with E-state index in [1.807, 2.05) is 12.1 Å². The van der Waals surface area contributed by atoms with Crippen molar-refractivity contribution in [3.05, 3.63) is 24.3 Å². The average molecular weight is 342 g/mol. The number of unbranched alkanes of at least 4 members (excludes halogenated alkanes) is 1. The summed E-state index contributed by atoms with van der Waals surface area (Å²) in [6, 6.07) is 9.11. The fourth-order valence-corrected chi connectivity index (χ4v) is 4.48. The van der Waals surface area contributed by atoms with Crippen molar-refractivity contribution in [2.45, 2.75) is 57.5 Å². The molecule has 2 fully saturated rings. The Kier molecular flexibility index (Phi) is 5.62. The van der Waals surface area contributed by atoms with Gasteiger partial charge >= 0.3 is 0 Å². The molecule has 0 N–H and O–H groups in total. The lowest BCUT2D eigenvalue weighted by Gasteiger charge is -2.40. The van der Waals surface area contributed by atoms with Gasteiger partial charge in [0, 0.05) is 38.8 Å². The van der Waals surface area contributed by atoms with Gasteiger partial charge in [0.25, 0.3) is 0 Å². The topological polar surface area (TPSA) is 37.2 Å². The Balaban J connectivity index is 1.16. The largest absolute Gasteiger partial charge is 0.301 e. The first-order valence-electron chi connectivity index (χ1n) is 10.1. The second kappa shape index (κ2) is 8.28. The molecular formula is C20H31N5. The number of fused-ring (bicyclic) bond motifs is 1. The lowest BCUT2D eigenvalue weighted by molar-refractivity contribution is 0.0780. The van der Waals surface area contributed by atoms with Gasteiger partial charge in [0.2, 0.25) is 0 Å². The van der Waals surface area contributed by atoms with Crippen LogP contribution in [0.4, 0.5) is 0 Å². The normalized spacial score (nSPS) is 21.1. The monoisotopic (exact) mass is 341 g/mol. The van der Waals surface area contributed by atoms with E-state index in [4.69, 9.17) is 0 Å². The molecule has 1 saturated heterocycles. The van der Waals surface area contributed by atoms with E-state index in [0.29, 0.717) is 0 Å². The Morgan fingerprint density at radius 3 is 2.48 bits per heavy atom. The van der Waals surface area contributed by atoms with Crippen LogP contribution in [-0.4, -0.2) is 63.6 Å². The number of aromatic nitrogens is 3. The van der Waals surface area contributed by atoms with E-state index >= 15 is 0 Å². The molecule has 2 aliphatic rings. The van der Waals surface area contributed by atoms with Crippen molar-refractivity contribution in [2.75, 3.05) is 32.7 Å². The van der Waals surface area contributed by atoms with Crippen LogP contribution in [0.15, 0.2) is 24.3 Å². The maximum atomic E-state index is 4.29. The lowest BCUT2D eigenvalue weighted by Crippen LogP contribution is -2.50. The molecule has 1 aliphatic heterocycles. The van der Waals surface area contributed by atoms with Gasteiger partial charge in [0.15, 0.2) is 0 Å². The minimum Gasteiger partial charge on any atom is -0.301 e. The number of hydrogen-bond acceptors (Lipinski definition) is 4. The third kappa shape index (κ3) is 4.21. The third-order valence-corrected chi connectivity index (χ3v) is 6.01. The number of aryl methyl sites for hydroxylation is 1. The van der Waals surface area contributed by atoms with Crippen molar-refractivity contribution in [1.29, 1.82) is 0 Å². The Morgan fingerprint density at radius 1 is 0.880 bits per heavy atom. The summed E-state index contributed by atoms with van der Waals surface area (Å²) in [5.74, 6) is 0. The average Bonchev–Trinajstić information content (AvgIpc) is 3.10. The van der Waals surface area contributed by atoms with Gasteiger partial charge in [-0.1, -0.05) is 36.6 Å². The zero-order valence-electron chi connectivity index (χ0n) is 15.3. The summed E-state index contributed by atoms with van der Waals surface area (Å²) >= 11 is 0. The molecule has 5 nitrogen and oxygen atoms in total. The van der Waals surface area contributed by atoms with Crippen molar-refractivity contribution in [3.63, 3.8) is 0 Å². The van der Waals surface area contributed by atoms with Crippen LogP contribution >= 0.6 is 0 Å². The fraction of sp³-hybridized carbons (Fsp3) is 0.700. The summed E-state index contributed by atoms with van der Waals surface area (Å²) < 4.78 is 2.05. The first-order chi connectivity index (χ1) is 12.4. The summed E-state index contributed by atoms with van der Waals surface area (Å²) in [5, 5.41) is 8.52. The van der Waals surface area contributed by atoms with Crippen molar-refractivity contribution in [3.8, 4) is 0 Å². The smallest absolute Gasteiger partial charge is 0.113 e. The first kappa shape index (κ1) is 17.0. The molecule has 1 aromatic carbocycles. The molecule has 0 spiro atoms. The highest BCUT2D eigenvalue weighted by Crippen LogP contribution is 2.23. The number of para-hydroxylation sites is 1. The van der Waals surface area contributed by atoms with E-state index < -0.39 is 0 Å².